The minimum atomic E-state index is -3.84. The summed E-state index contributed by atoms with van der Waals surface area (Å²) in [6.45, 7) is 3.63. The molecular formula is C17H21N3O5S. The van der Waals surface area contributed by atoms with Crippen LogP contribution in [0.1, 0.15) is 37.5 Å². The van der Waals surface area contributed by atoms with Gasteiger partial charge in [0, 0.05) is 25.7 Å². The Labute approximate surface area is 151 Å². The summed E-state index contributed by atoms with van der Waals surface area (Å²) >= 11 is 0. The van der Waals surface area contributed by atoms with Gasteiger partial charge in [0.25, 0.3) is 10.0 Å². The normalized spacial score (nSPS) is 13.4. The average molecular weight is 379 g/mol. The molecule has 1 atom stereocenters. The summed E-state index contributed by atoms with van der Waals surface area (Å²) < 4.78 is 39.6. The highest BCUT2D eigenvalue weighted by Gasteiger charge is 2.23. The summed E-state index contributed by atoms with van der Waals surface area (Å²) in [5.74, 6) is 1.98. The van der Waals surface area contributed by atoms with Gasteiger partial charge in [0.05, 0.1) is 6.26 Å². The Morgan fingerprint density at radius 2 is 2.04 bits per heavy atom. The molecule has 0 aliphatic heterocycles. The summed E-state index contributed by atoms with van der Waals surface area (Å²) in [6, 6.07) is 6.68. The zero-order chi connectivity index (χ0) is 18.9. The summed E-state index contributed by atoms with van der Waals surface area (Å²) in [7, 11) is -2.09. The first-order chi connectivity index (χ1) is 12.3. The number of aryl methyl sites for hydroxylation is 1. The predicted octanol–water partition coefficient (Wildman–Crippen LogP) is 2.41. The molecule has 0 saturated carbocycles. The van der Waals surface area contributed by atoms with E-state index in [0.717, 1.165) is 0 Å². The number of aliphatic hydroxyl groups is 1. The zero-order valence-electron chi connectivity index (χ0n) is 14.7. The Morgan fingerprint density at radius 3 is 2.65 bits per heavy atom. The molecule has 0 amide bonds. The SMILES string of the molecule is CC(C)c1nc(S(=O)(=O)NCC(O)c2ccc(-c3ccco3)o2)cn1C. The van der Waals surface area contributed by atoms with Gasteiger partial charge in [0.15, 0.2) is 16.5 Å². The third kappa shape index (κ3) is 3.74. The number of imidazole rings is 1. The topological polar surface area (TPSA) is 110 Å². The van der Waals surface area contributed by atoms with Crippen molar-refractivity contribution in [2.45, 2.75) is 30.9 Å². The highest BCUT2D eigenvalue weighted by molar-refractivity contribution is 7.89. The number of furan rings is 2. The Balaban J connectivity index is 1.68. The van der Waals surface area contributed by atoms with Crippen molar-refractivity contribution >= 4 is 10.0 Å². The average Bonchev–Trinajstić information content (AvgIpc) is 3.31. The van der Waals surface area contributed by atoms with E-state index in [1.54, 1.807) is 35.9 Å². The molecule has 3 heterocycles. The summed E-state index contributed by atoms with van der Waals surface area (Å²) in [5, 5.41) is 10.1. The van der Waals surface area contributed by atoms with E-state index in [2.05, 4.69) is 9.71 Å². The Morgan fingerprint density at radius 1 is 1.27 bits per heavy atom. The molecule has 2 N–H and O–H groups in total. The van der Waals surface area contributed by atoms with Crippen molar-refractivity contribution in [1.29, 1.82) is 0 Å². The van der Waals surface area contributed by atoms with E-state index in [9.17, 15) is 13.5 Å². The van der Waals surface area contributed by atoms with Gasteiger partial charge in [-0.25, -0.2) is 18.1 Å². The van der Waals surface area contributed by atoms with Gasteiger partial charge in [0.2, 0.25) is 0 Å². The van der Waals surface area contributed by atoms with Crippen LogP contribution >= 0.6 is 0 Å². The van der Waals surface area contributed by atoms with Crippen molar-refractivity contribution < 1.29 is 22.4 Å². The Kier molecular flexibility index (Phi) is 5.03. The fourth-order valence-corrected chi connectivity index (χ4v) is 3.60. The number of aliphatic hydroxyl groups excluding tert-OH is 1. The van der Waals surface area contributed by atoms with Crippen LogP contribution in [0.15, 0.2) is 50.6 Å². The van der Waals surface area contributed by atoms with Crippen LogP contribution in [0, 0.1) is 0 Å². The molecule has 0 saturated heterocycles. The van der Waals surface area contributed by atoms with Crippen LogP contribution in [0.4, 0.5) is 0 Å². The van der Waals surface area contributed by atoms with Crippen LogP contribution in [0.2, 0.25) is 0 Å². The van der Waals surface area contributed by atoms with Gasteiger partial charge in [-0.2, -0.15) is 0 Å². The third-order valence-corrected chi connectivity index (χ3v) is 5.16. The lowest BCUT2D eigenvalue weighted by Crippen LogP contribution is -2.28. The summed E-state index contributed by atoms with van der Waals surface area (Å²) in [4.78, 5) is 4.16. The van der Waals surface area contributed by atoms with Crippen molar-refractivity contribution in [1.82, 2.24) is 14.3 Å². The maximum absolute atomic E-state index is 12.4. The first-order valence-electron chi connectivity index (χ1n) is 8.12. The fraction of sp³-hybridized carbons (Fsp3) is 0.353. The molecule has 0 aliphatic carbocycles. The van der Waals surface area contributed by atoms with Crippen LogP contribution in [0.3, 0.4) is 0 Å². The Hall–Kier alpha value is -2.36. The third-order valence-electron chi connectivity index (χ3n) is 3.87. The smallest absolute Gasteiger partial charge is 0.259 e. The summed E-state index contributed by atoms with van der Waals surface area (Å²) in [6.07, 6.45) is 1.83. The van der Waals surface area contributed by atoms with E-state index in [4.69, 9.17) is 8.83 Å². The number of hydrogen-bond donors (Lipinski definition) is 2. The molecule has 0 spiro atoms. The molecule has 3 aromatic rings. The van der Waals surface area contributed by atoms with Crippen LogP contribution in [-0.2, 0) is 17.1 Å². The van der Waals surface area contributed by atoms with Crippen LogP contribution < -0.4 is 4.72 Å². The lowest BCUT2D eigenvalue weighted by molar-refractivity contribution is 0.154. The molecule has 0 aliphatic rings. The van der Waals surface area contributed by atoms with E-state index >= 15 is 0 Å². The number of hydrogen-bond acceptors (Lipinski definition) is 6. The van der Waals surface area contributed by atoms with Crippen LogP contribution in [0.5, 0.6) is 0 Å². The largest absolute Gasteiger partial charge is 0.461 e. The van der Waals surface area contributed by atoms with Crippen molar-refractivity contribution in [3.63, 3.8) is 0 Å². The van der Waals surface area contributed by atoms with Gasteiger partial charge < -0.3 is 18.5 Å². The second-order valence-corrected chi connectivity index (χ2v) is 7.96. The maximum Gasteiger partial charge on any atom is 0.259 e. The van der Waals surface area contributed by atoms with E-state index in [-0.39, 0.29) is 23.2 Å². The highest BCUT2D eigenvalue weighted by Crippen LogP contribution is 2.25. The second kappa shape index (κ2) is 7.10. The molecule has 3 aromatic heterocycles. The van der Waals surface area contributed by atoms with Crippen LogP contribution in [-0.4, -0.2) is 29.6 Å². The zero-order valence-corrected chi connectivity index (χ0v) is 15.5. The molecule has 0 bridgehead atoms. The van der Waals surface area contributed by atoms with Gasteiger partial charge in [0.1, 0.15) is 17.7 Å². The molecule has 0 radical (unpaired) electrons. The molecule has 8 nitrogen and oxygen atoms in total. The predicted molar refractivity (Wildman–Crippen MR) is 93.9 cm³/mol. The molecule has 26 heavy (non-hydrogen) atoms. The highest BCUT2D eigenvalue weighted by atomic mass is 32.2. The standard InChI is InChI=1S/C17H21N3O5S/c1-11(2)17-19-16(10-20(17)3)26(22,23)18-9-12(21)13-6-7-15(25-13)14-5-4-8-24-14/h4-8,10-12,18,21H,9H2,1-3H3. The maximum atomic E-state index is 12.4. The molecular weight excluding hydrogens is 358 g/mol. The Bertz CT molecular complexity index is 970. The van der Waals surface area contributed by atoms with E-state index in [1.807, 2.05) is 13.8 Å². The van der Waals surface area contributed by atoms with E-state index in [1.165, 1.54) is 12.5 Å². The quantitative estimate of drug-likeness (QED) is 0.652. The van der Waals surface area contributed by atoms with Gasteiger partial charge in [-0.15, -0.1) is 0 Å². The molecule has 9 heteroatoms. The molecule has 140 valence electrons. The lowest BCUT2D eigenvalue weighted by Gasteiger charge is -2.09. The first-order valence-corrected chi connectivity index (χ1v) is 9.61. The lowest BCUT2D eigenvalue weighted by atomic mass is 10.2. The molecule has 0 aromatic carbocycles. The first kappa shape index (κ1) is 18.4. The van der Waals surface area contributed by atoms with Gasteiger partial charge in [-0.1, -0.05) is 13.8 Å². The number of aromatic nitrogens is 2. The van der Waals surface area contributed by atoms with Gasteiger partial charge in [-0.05, 0) is 24.3 Å². The summed E-state index contributed by atoms with van der Waals surface area (Å²) in [5.41, 5.74) is 0. The van der Waals surface area contributed by atoms with Gasteiger partial charge in [-0.3, -0.25) is 0 Å². The molecule has 0 fully saturated rings. The van der Waals surface area contributed by atoms with E-state index in [0.29, 0.717) is 17.3 Å². The fourth-order valence-electron chi connectivity index (χ4n) is 2.56. The van der Waals surface area contributed by atoms with Gasteiger partial charge >= 0.3 is 0 Å². The molecule has 1 unspecified atom stereocenters. The minimum Gasteiger partial charge on any atom is -0.461 e. The van der Waals surface area contributed by atoms with Crippen molar-refractivity contribution in [2.24, 2.45) is 7.05 Å². The van der Waals surface area contributed by atoms with Crippen molar-refractivity contribution in [3.8, 4) is 11.5 Å². The van der Waals surface area contributed by atoms with E-state index < -0.39 is 16.1 Å². The minimum absolute atomic E-state index is 0.0772. The number of nitrogens with one attached hydrogen (secondary N) is 1. The van der Waals surface area contributed by atoms with Crippen molar-refractivity contribution in [2.75, 3.05) is 6.54 Å². The second-order valence-electron chi connectivity index (χ2n) is 6.25. The monoisotopic (exact) mass is 379 g/mol. The van der Waals surface area contributed by atoms with Crippen LogP contribution in [0.25, 0.3) is 11.5 Å². The number of nitrogens with zero attached hydrogens (tertiary/aromatic N) is 2. The number of rotatable bonds is 7. The molecule has 3 rings (SSSR count). The number of sulfonamides is 1. The van der Waals surface area contributed by atoms with Crippen molar-refractivity contribution in [3.05, 3.63) is 48.3 Å².